The van der Waals surface area contributed by atoms with Crippen LogP contribution in [0.3, 0.4) is 0 Å². The Balaban J connectivity index is 3.42. The van der Waals surface area contributed by atoms with E-state index in [1.54, 1.807) is 0 Å². The average molecular weight is 1010 g/mol. The van der Waals surface area contributed by atoms with Gasteiger partial charge in [0.2, 0.25) is 5.91 Å². The van der Waals surface area contributed by atoms with Crippen LogP contribution in [0, 0.1) is 0 Å². The van der Waals surface area contributed by atoms with E-state index < -0.39 is 12.1 Å². The van der Waals surface area contributed by atoms with E-state index in [1.165, 1.54) is 263 Å². The summed E-state index contributed by atoms with van der Waals surface area (Å²) in [6.45, 7) is 4.95. The minimum absolute atomic E-state index is 0.00143. The van der Waals surface area contributed by atoms with Gasteiger partial charge in [0.15, 0.2) is 0 Å². The van der Waals surface area contributed by atoms with Gasteiger partial charge in [-0.15, -0.1) is 0 Å². The number of carbonyl (C=O) groups is 2. The minimum atomic E-state index is -0.666. The van der Waals surface area contributed by atoms with Gasteiger partial charge in [0, 0.05) is 12.8 Å². The molecule has 2 atom stereocenters. The number of hydrogen-bond acceptors (Lipinski definition) is 5. The van der Waals surface area contributed by atoms with Crippen LogP contribution in [0.25, 0.3) is 0 Å². The molecule has 0 bridgehead atoms. The minimum Gasteiger partial charge on any atom is -0.466 e. The maximum Gasteiger partial charge on any atom is 0.305 e. The molecule has 0 radical (unpaired) electrons. The Morgan fingerprint density at radius 2 is 0.694 bits per heavy atom. The van der Waals surface area contributed by atoms with Gasteiger partial charge < -0.3 is 20.3 Å². The first-order valence-electron chi connectivity index (χ1n) is 32.2. The molecular weight excluding hydrogens is 887 g/mol. The van der Waals surface area contributed by atoms with E-state index in [0.717, 1.165) is 51.4 Å². The highest BCUT2D eigenvalue weighted by atomic mass is 16.5. The van der Waals surface area contributed by atoms with Crippen molar-refractivity contribution >= 4 is 11.9 Å². The summed E-state index contributed by atoms with van der Waals surface area (Å²) in [4.78, 5) is 24.5. The smallest absolute Gasteiger partial charge is 0.305 e. The molecule has 424 valence electrons. The highest BCUT2D eigenvalue weighted by Gasteiger charge is 2.20. The lowest BCUT2D eigenvalue weighted by molar-refractivity contribution is -0.143. The number of esters is 1. The molecule has 0 rings (SSSR count). The van der Waals surface area contributed by atoms with Crippen molar-refractivity contribution in [3.05, 3.63) is 36.5 Å². The summed E-state index contributed by atoms with van der Waals surface area (Å²) in [7, 11) is 0. The highest BCUT2D eigenvalue weighted by Crippen LogP contribution is 2.17. The third-order valence-corrected chi connectivity index (χ3v) is 14.9. The first-order chi connectivity index (χ1) is 35.5. The molecular formula is C66H125NO5. The van der Waals surface area contributed by atoms with Gasteiger partial charge in [0.25, 0.3) is 0 Å². The first kappa shape index (κ1) is 70.1. The van der Waals surface area contributed by atoms with Crippen LogP contribution in [-0.4, -0.2) is 47.4 Å². The predicted octanol–water partition coefficient (Wildman–Crippen LogP) is 20.4. The van der Waals surface area contributed by atoms with Crippen LogP contribution in [0.4, 0.5) is 0 Å². The van der Waals surface area contributed by atoms with Crippen molar-refractivity contribution in [2.45, 2.75) is 360 Å². The lowest BCUT2D eigenvalue weighted by Gasteiger charge is -2.22. The van der Waals surface area contributed by atoms with Gasteiger partial charge in [-0.3, -0.25) is 9.59 Å². The fourth-order valence-electron chi connectivity index (χ4n) is 9.96. The van der Waals surface area contributed by atoms with E-state index in [2.05, 4.69) is 55.6 Å². The zero-order valence-corrected chi connectivity index (χ0v) is 48.4. The summed E-state index contributed by atoms with van der Waals surface area (Å²) >= 11 is 0. The Hall–Kier alpha value is -1.92. The lowest BCUT2D eigenvalue weighted by atomic mass is 10.0. The number of aliphatic hydroxyl groups is 2. The Morgan fingerprint density at radius 3 is 1.08 bits per heavy atom. The SMILES string of the molecule is CCCCCC/C=C\CCCCCCCC(=O)OCCCCCCCCCCC/C=C\C/C=C\CCCCCCCCCCCCCC(=O)NC(CO)C(O)CCCCCCCCCCCCCCCCC. The van der Waals surface area contributed by atoms with Crippen LogP contribution >= 0.6 is 0 Å². The van der Waals surface area contributed by atoms with Gasteiger partial charge in [-0.1, -0.05) is 288 Å². The second-order valence-electron chi connectivity index (χ2n) is 22.1. The highest BCUT2D eigenvalue weighted by molar-refractivity contribution is 5.76. The summed E-state index contributed by atoms with van der Waals surface area (Å²) in [6, 6.07) is -0.544. The molecule has 0 saturated carbocycles. The third kappa shape index (κ3) is 57.4. The molecule has 3 N–H and O–H groups in total. The second kappa shape index (κ2) is 61.6. The van der Waals surface area contributed by atoms with Crippen LogP contribution in [-0.2, 0) is 14.3 Å². The fourth-order valence-corrected chi connectivity index (χ4v) is 9.96. The Labute approximate surface area is 449 Å². The van der Waals surface area contributed by atoms with Crippen LogP contribution in [0.15, 0.2) is 36.5 Å². The molecule has 0 spiro atoms. The average Bonchev–Trinajstić information content (AvgIpc) is 3.38. The largest absolute Gasteiger partial charge is 0.466 e. The molecule has 0 heterocycles. The van der Waals surface area contributed by atoms with Crippen molar-refractivity contribution in [2.24, 2.45) is 0 Å². The standard InChI is InChI=1S/C66H125NO5/c1-3-5-7-9-11-13-15-17-31-35-38-42-46-50-54-58-64(69)63(62-68)67-65(70)59-55-51-47-43-39-36-32-29-27-25-23-21-19-18-20-22-24-26-28-30-33-37-41-45-49-53-57-61-72-66(71)60-56-52-48-44-40-34-16-14-12-10-8-6-4-2/h14,16,18-19,22,24,63-64,68-69H,3-13,15,17,20-21,23,25-62H2,1-2H3,(H,67,70)/b16-14-,19-18-,24-22-. The number of rotatable bonds is 60. The van der Waals surface area contributed by atoms with E-state index >= 15 is 0 Å². The van der Waals surface area contributed by atoms with Gasteiger partial charge in [-0.05, 0) is 83.5 Å². The van der Waals surface area contributed by atoms with Crippen molar-refractivity contribution in [1.29, 1.82) is 0 Å². The molecule has 6 heteroatoms. The predicted molar refractivity (Wildman–Crippen MR) is 315 cm³/mol. The van der Waals surface area contributed by atoms with E-state index in [4.69, 9.17) is 4.74 Å². The zero-order valence-electron chi connectivity index (χ0n) is 48.4. The lowest BCUT2D eigenvalue weighted by Crippen LogP contribution is -2.45. The topological polar surface area (TPSA) is 95.9 Å². The summed E-state index contributed by atoms with van der Waals surface area (Å²) in [5, 5.41) is 23.3. The van der Waals surface area contributed by atoms with Crippen molar-refractivity contribution in [2.75, 3.05) is 13.2 Å². The van der Waals surface area contributed by atoms with Crippen molar-refractivity contribution in [3.8, 4) is 0 Å². The number of unbranched alkanes of at least 4 members (excludes halogenated alkanes) is 43. The quantitative estimate of drug-likeness (QED) is 0.0320. The molecule has 0 aromatic rings. The number of carbonyl (C=O) groups excluding carboxylic acids is 2. The molecule has 0 fully saturated rings. The molecule has 0 saturated heterocycles. The van der Waals surface area contributed by atoms with Crippen LogP contribution in [0.1, 0.15) is 348 Å². The normalized spacial score (nSPS) is 12.8. The summed E-state index contributed by atoms with van der Waals surface area (Å²) in [5.41, 5.74) is 0. The Morgan fingerprint density at radius 1 is 0.389 bits per heavy atom. The third-order valence-electron chi connectivity index (χ3n) is 14.9. The molecule has 0 aliphatic carbocycles. The van der Waals surface area contributed by atoms with Crippen molar-refractivity contribution in [3.63, 3.8) is 0 Å². The Kier molecular flexibility index (Phi) is 60.0. The number of nitrogens with one attached hydrogen (secondary N) is 1. The van der Waals surface area contributed by atoms with Gasteiger partial charge >= 0.3 is 5.97 Å². The number of hydrogen-bond donors (Lipinski definition) is 3. The van der Waals surface area contributed by atoms with Crippen molar-refractivity contribution < 1.29 is 24.5 Å². The summed E-state index contributed by atoms with van der Waals surface area (Å²) in [6.07, 6.45) is 77.3. The number of aliphatic hydroxyl groups excluding tert-OH is 2. The zero-order chi connectivity index (χ0) is 52.2. The molecule has 1 amide bonds. The van der Waals surface area contributed by atoms with Gasteiger partial charge in [0.1, 0.15) is 0 Å². The van der Waals surface area contributed by atoms with E-state index in [9.17, 15) is 19.8 Å². The molecule has 6 nitrogen and oxygen atoms in total. The first-order valence-corrected chi connectivity index (χ1v) is 32.2. The summed E-state index contributed by atoms with van der Waals surface area (Å²) in [5.74, 6) is -0.0350. The van der Waals surface area contributed by atoms with Crippen molar-refractivity contribution in [1.82, 2.24) is 5.32 Å². The van der Waals surface area contributed by atoms with Gasteiger partial charge in [-0.25, -0.2) is 0 Å². The molecule has 0 aliphatic rings. The van der Waals surface area contributed by atoms with Crippen LogP contribution < -0.4 is 5.32 Å². The fraction of sp³-hybridized carbons (Fsp3) is 0.879. The van der Waals surface area contributed by atoms with E-state index in [1.807, 2.05) is 0 Å². The number of allylic oxidation sites excluding steroid dienone is 6. The summed E-state index contributed by atoms with van der Waals surface area (Å²) < 4.78 is 5.47. The van der Waals surface area contributed by atoms with Gasteiger partial charge in [0.05, 0.1) is 25.4 Å². The molecule has 0 aromatic carbocycles. The second-order valence-corrected chi connectivity index (χ2v) is 22.1. The number of amides is 1. The number of ether oxygens (including phenoxy) is 1. The Bertz CT molecular complexity index is 1170. The monoisotopic (exact) mass is 1010 g/mol. The maximum absolute atomic E-state index is 12.5. The van der Waals surface area contributed by atoms with Gasteiger partial charge in [-0.2, -0.15) is 0 Å². The molecule has 0 aliphatic heterocycles. The van der Waals surface area contributed by atoms with Crippen LogP contribution in [0.5, 0.6) is 0 Å². The molecule has 2 unspecified atom stereocenters. The molecule has 72 heavy (non-hydrogen) atoms. The van der Waals surface area contributed by atoms with Crippen LogP contribution in [0.2, 0.25) is 0 Å². The van der Waals surface area contributed by atoms with E-state index in [0.29, 0.717) is 25.9 Å². The van der Waals surface area contributed by atoms with E-state index in [-0.39, 0.29) is 18.5 Å². The maximum atomic E-state index is 12.5. The molecule has 0 aromatic heterocycles.